The SMILES string of the molecule is CC1CCNC1C(=O)Nc1ccc2c(c1)C(=O)NC2=O. The fourth-order valence-electron chi connectivity index (χ4n) is 2.65. The van der Waals surface area contributed by atoms with Crippen LogP contribution in [0.25, 0.3) is 0 Å². The maximum Gasteiger partial charge on any atom is 0.259 e. The zero-order valence-corrected chi connectivity index (χ0v) is 11.0. The molecule has 20 heavy (non-hydrogen) atoms. The van der Waals surface area contributed by atoms with E-state index in [4.69, 9.17) is 0 Å². The summed E-state index contributed by atoms with van der Waals surface area (Å²) < 4.78 is 0. The number of benzene rings is 1. The molecule has 0 aliphatic carbocycles. The van der Waals surface area contributed by atoms with Crippen LogP contribution in [0.1, 0.15) is 34.1 Å². The van der Waals surface area contributed by atoms with Gasteiger partial charge in [-0.05, 0) is 37.1 Å². The smallest absolute Gasteiger partial charge is 0.259 e. The van der Waals surface area contributed by atoms with Crippen molar-refractivity contribution in [2.75, 3.05) is 11.9 Å². The van der Waals surface area contributed by atoms with Crippen molar-refractivity contribution in [3.63, 3.8) is 0 Å². The maximum absolute atomic E-state index is 12.1. The average molecular weight is 273 g/mol. The third-order valence-electron chi connectivity index (χ3n) is 3.82. The summed E-state index contributed by atoms with van der Waals surface area (Å²) >= 11 is 0. The third-order valence-corrected chi connectivity index (χ3v) is 3.82. The predicted molar refractivity (Wildman–Crippen MR) is 72.4 cm³/mol. The summed E-state index contributed by atoms with van der Waals surface area (Å²) in [7, 11) is 0. The van der Waals surface area contributed by atoms with Crippen molar-refractivity contribution in [1.82, 2.24) is 10.6 Å². The van der Waals surface area contributed by atoms with Gasteiger partial charge in [0.15, 0.2) is 0 Å². The minimum atomic E-state index is -0.423. The Balaban J connectivity index is 1.79. The first-order valence-electron chi connectivity index (χ1n) is 6.60. The standard InChI is InChI=1S/C14H15N3O3/c1-7-4-5-15-11(7)14(20)16-8-2-3-9-10(6-8)13(19)17-12(9)18/h2-3,6-7,11,15H,4-5H2,1H3,(H,16,20)(H,17,18,19). The van der Waals surface area contributed by atoms with E-state index in [0.717, 1.165) is 13.0 Å². The van der Waals surface area contributed by atoms with E-state index in [1.54, 1.807) is 12.1 Å². The lowest BCUT2D eigenvalue weighted by molar-refractivity contribution is -0.118. The van der Waals surface area contributed by atoms with Gasteiger partial charge in [0.05, 0.1) is 17.2 Å². The van der Waals surface area contributed by atoms with Gasteiger partial charge in [-0.2, -0.15) is 0 Å². The third kappa shape index (κ3) is 2.08. The molecule has 2 atom stereocenters. The van der Waals surface area contributed by atoms with Crippen LogP contribution in [0.3, 0.4) is 0 Å². The molecule has 6 nitrogen and oxygen atoms in total. The number of carbonyl (C=O) groups excluding carboxylic acids is 3. The normalized spacial score (nSPS) is 24.4. The monoisotopic (exact) mass is 273 g/mol. The molecule has 2 aliphatic rings. The Morgan fingerprint density at radius 1 is 1.25 bits per heavy atom. The number of carbonyl (C=O) groups is 3. The van der Waals surface area contributed by atoms with Crippen molar-refractivity contribution in [3.8, 4) is 0 Å². The minimum Gasteiger partial charge on any atom is -0.325 e. The van der Waals surface area contributed by atoms with E-state index >= 15 is 0 Å². The molecular weight excluding hydrogens is 258 g/mol. The molecule has 2 aliphatic heterocycles. The Morgan fingerprint density at radius 3 is 2.70 bits per heavy atom. The summed E-state index contributed by atoms with van der Waals surface area (Å²) in [4.78, 5) is 35.1. The summed E-state index contributed by atoms with van der Waals surface area (Å²) in [5.74, 6) is -0.642. The molecule has 0 bridgehead atoms. The van der Waals surface area contributed by atoms with Crippen LogP contribution in [0.15, 0.2) is 18.2 Å². The highest BCUT2D eigenvalue weighted by atomic mass is 16.2. The molecule has 1 saturated heterocycles. The Kier molecular flexibility index (Phi) is 3.02. The molecule has 6 heteroatoms. The molecule has 2 unspecified atom stereocenters. The molecular formula is C14H15N3O3. The molecule has 0 aromatic heterocycles. The molecule has 0 spiro atoms. The highest BCUT2D eigenvalue weighted by molar-refractivity contribution is 6.22. The minimum absolute atomic E-state index is 0.111. The van der Waals surface area contributed by atoms with Crippen LogP contribution in [0.4, 0.5) is 5.69 Å². The number of hydrogen-bond acceptors (Lipinski definition) is 4. The van der Waals surface area contributed by atoms with Gasteiger partial charge in [0.25, 0.3) is 11.8 Å². The molecule has 1 fully saturated rings. The topological polar surface area (TPSA) is 87.3 Å². The lowest BCUT2D eigenvalue weighted by atomic mass is 10.0. The Morgan fingerprint density at radius 2 is 2.00 bits per heavy atom. The maximum atomic E-state index is 12.1. The highest BCUT2D eigenvalue weighted by Gasteiger charge is 2.30. The second kappa shape index (κ2) is 4.72. The molecule has 2 heterocycles. The van der Waals surface area contributed by atoms with Gasteiger partial charge in [-0.1, -0.05) is 6.92 Å². The molecule has 0 radical (unpaired) electrons. The summed E-state index contributed by atoms with van der Waals surface area (Å²) in [5.41, 5.74) is 1.18. The summed E-state index contributed by atoms with van der Waals surface area (Å²) in [6.07, 6.45) is 0.971. The van der Waals surface area contributed by atoms with Crippen LogP contribution in [0.2, 0.25) is 0 Å². The molecule has 1 aromatic rings. The fraction of sp³-hybridized carbons (Fsp3) is 0.357. The van der Waals surface area contributed by atoms with E-state index in [9.17, 15) is 14.4 Å². The van der Waals surface area contributed by atoms with Crippen LogP contribution in [0, 0.1) is 5.92 Å². The molecule has 3 rings (SSSR count). The van der Waals surface area contributed by atoms with Gasteiger partial charge in [-0.25, -0.2) is 0 Å². The number of imide groups is 1. The number of fused-ring (bicyclic) bond motifs is 1. The van der Waals surface area contributed by atoms with Gasteiger partial charge in [-0.3, -0.25) is 19.7 Å². The van der Waals surface area contributed by atoms with Gasteiger partial charge in [-0.15, -0.1) is 0 Å². The van der Waals surface area contributed by atoms with E-state index < -0.39 is 11.8 Å². The number of nitrogens with one attached hydrogen (secondary N) is 3. The van der Waals surface area contributed by atoms with Crippen LogP contribution >= 0.6 is 0 Å². The predicted octanol–water partition coefficient (Wildman–Crippen LogP) is 0.507. The van der Waals surface area contributed by atoms with E-state index in [0.29, 0.717) is 16.8 Å². The largest absolute Gasteiger partial charge is 0.325 e. The van der Waals surface area contributed by atoms with Gasteiger partial charge in [0, 0.05) is 5.69 Å². The average Bonchev–Trinajstić information content (AvgIpc) is 2.95. The molecule has 0 saturated carbocycles. The van der Waals surface area contributed by atoms with Gasteiger partial charge in [0.1, 0.15) is 0 Å². The van der Waals surface area contributed by atoms with Crippen molar-refractivity contribution in [3.05, 3.63) is 29.3 Å². The van der Waals surface area contributed by atoms with Crippen molar-refractivity contribution >= 4 is 23.4 Å². The zero-order chi connectivity index (χ0) is 14.3. The Labute approximate surface area is 115 Å². The van der Waals surface area contributed by atoms with Gasteiger partial charge < -0.3 is 10.6 Å². The summed E-state index contributed by atoms with van der Waals surface area (Å²) in [6.45, 7) is 2.86. The Bertz CT molecular complexity index is 612. The quantitative estimate of drug-likeness (QED) is 0.685. The van der Waals surface area contributed by atoms with Gasteiger partial charge >= 0.3 is 0 Å². The Hall–Kier alpha value is -2.21. The van der Waals surface area contributed by atoms with Gasteiger partial charge in [0.2, 0.25) is 5.91 Å². The first kappa shape index (κ1) is 12.8. The van der Waals surface area contributed by atoms with Crippen LogP contribution in [-0.2, 0) is 4.79 Å². The van der Waals surface area contributed by atoms with E-state index in [2.05, 4.69) is 16.0 Å². The number of amides is 3. The van der Waals surface area contributed by atoms with E-state index in [-0.39, 0.29) is 17.9 Å². The van der Waals surface area contributed by atoms with E-state index in [1.165, 1.54) is 6.07 Å². The number of rotatable bonds is 2. The summed E-state index contributed by atoms with van der Waals surface area (Å²) in [5, 5.41) is 8.16. The summed E-state index contributed by atoms with van der Waals surface area (Å²) in [6, 6.07) is 4.51. The molecule has 3 amide bonds. The molecule has 3 N–H and O–H groups in total. The zero-order valence-electron chi connectivity index (χ0n) is 11.0. The number of anilines is 1. The van der Waals surface area contributed by atoms with Crippen LogP contribution in [-0.4, -0.2) is 30.3 Å². The first-order valence-corrected chi connectivity index (χ1v) is 6.60. The number of hydrogen-bond donors (Lipinski definition) is 3. The lowest BCUT2D eigenvalue weighted by Gasteiger charge is -2.15. The van der Waals surface area contributed by atoms with Crippen molar-refractivity contribution in [1.29, 1.82) is 0 Å². The van der Waals surface area contributed by atoms with E-state index in [1.807, 2.05) is 6.92 Å². The highest BCUT2D eigenvalue weighted by Crippen LogP contribution is 2.21. The first-order chi connectivity index (χ1) is 9.56. The molecule has 104 valence electrons. The fourth-order valence-corrected chi connectivity index (χ4v) is 2.65. The van der Waals surface area contributed by atoms with Crippen molar-refractivity contribution in [2.24, 2.45) is 5.92 Å². The lowest BCUT2D eigenvalue weighted by Crippen LogP contribution is -2.39. The second-order valence-corrected chi connectivity index (χ2v) is 5.23. The van der Waals surface area contributed by atoms with Crippen LogP contribution in [0.5, 0.6) is 0 Å². The van der Waals surface area contributed by atoms with Crippen LogP contribution < -0.4 is 16.0 Å². The molecule has 1 aromatic carbocycles. The van der Waals surface area contributed by atoms with Crippen molar-refractivity contribution < 1.29 is 14.4 Å². The second-order valence-electron chi connectivity index (χ2n) is 5.23. The van der Waals surface area contributed by atoms with Crippen molar-refractivity contribution in [2.45, 2.75) is 19.4 Å².